The standard InChI is InChI=1S/C15H24N2O2/c1-4-7-13(16)15(18)17-11(2)10-12-8-5-6-9-14(12)19-3/h5-6,8-9,11,13H,4,7,10,16H2,1-3H3,(H,17,18)/t11?,13-/m0/s1. The van der Waals surface area contributed by atoms with E-state index in [1.54, 1.807) is 7.11 Å². The molecule has 0 spiro atoms. The molecule has 1 aromatic rings. The quantitative estimate of drug-likeness (QED) is 0.790. The average Bonchev–Trinajstić information content (AvgIpc) is 2.39. The van der Waals surface area contributed by atoms with E-state index in [1.807, 2.05) is 38.1 Å². The highest BCUT2D eigenvalue weighted by Gasteiger charge is 2.15. The van der Waals surface area contributed by atoms with E-state index in [4.69, 9.17) is 10.5 Å². The molecule has 1 rings (SSSR count). The van der Waals surface area contributed by atoms with Gasteiger partial charge < -0.3 is 15.8 Å². The number of hydrogen-bond donors (Lipinski definition) is 2. The molecule has 4 heteroatoms. The van der Waals surface area contributed by atoms with E-state index in [-0.39, 0.29) is 11.9 Å². The molecule has 0 aromatic heterocycles. The summed E-state index contributed by atoms with van der Waals surface area (Å²) in [5.74, 6) is 0.769. The molecular weight excluding hydrogens is 240 g/mol. The van der Waals surface area contributed by atoms with Crippen molar-refractivity contribution in [3.05, 3.63) is 29.8 Å². The molecule has 1 amide bonds. The molecule has 0 saturated heterocycles. The Balaban J connectivity index is 2.55. The maximum Gasteiger partial charge on any atom is 0.237 e. The van der Waals surface area contributed by atoms with Gasteiger partial charge in [-0.15, -0.1) is 0 Å². The number of ether oxygens (including phenoxy) is 1. The molecule has 0 heterocycles. The lowest BCUT2D eigenvalue weighted by Gasteiger charge is -2.18. The number of benzene rings is 1. The molecule has 0 aliphatic rings. The van der Waals surface area contributed by atoms with Crippen molar-refractivity contribution in [2.75, 3.05) is 7.11 Å². The second-order valence-electron chi connectivity index (χ2n) is 4.82. The molecule has 0 aliphatic heterocycles. The lowest BCUT2D eigenvalue weighted by atomic mass is 10.1. The monoisotopic (exact) mass is 264 g/mol. The maximum atomic E-state index is 11.8. The smallest absolute Gasteiger partial charge is 0.237 e. The topological polar surface area (TPSA) is 64.4 Å². The minimum Gasteiger partial charge on any atom is -0.496 e. The summed E-state index contributed by atoms with van der Waals surface area (Å²) in [7, 11) is 1.65. The van der Waals surface area contributed by atoms with Gasteiger partial charge in [-0.2, -0.15) is 0 Å². The lowest BCUT2D eigenvalue weighted by molar-refractivity contribution is -0.123. The summed E-state index contributed by atoms with van der Waals surface area (Å²) >= 11 is 0. The fourth-order valence-corrected chi connectivity index (χ4v) is 2.04. The Hall–Kier alpha value is -1.55. The Morgan fingerprint density at radius 1 is 1.42 bits per heavy atom. The number of nitrogens with one attached hydrogen (secondary N) is 1. The van der Waals surface area contributed by atoms with Crippen molar-refractivity contribution in [1.29, 1.82) is 0 Å². The van der Waals surface area contributed by atoms with Crippen LogP contribution in [-0.2, 0) is 11.2 Å². The molecule has 0 saturated carbocycles. The van der Waals surface area contributed by atoms with Crippen molar-refractivity contribution in [1.82, 2.24) is 5.32 Å². The van der Waals surface area contributed by atoms with Crippen LogP contribution < -0.4 is 15.8 Å². The Bertz CT molecular complexity index is 407. The first-order valence-electron chi connectivity index (χ1n) is 6.76. The third-order valence-corrected chi connectivity index (χ3v) is 3.04. The first-order chi connectivity index (χ1) is 9.08. The van der Waals surface area contributed by atoms with Crippen LogP contribution in [0.15, 0.2) is 24.3 Å². The van der Waals surface area contributed by atoms with E-state index in [0.717, 1.165) is 24.2 Å². The minimum absolute atomic E-state index is 0.0340. The normalized spacial score (nSPS) is 13.7. The number of para-hydroxylation sites is 1. The number of rotatable bonds is 7. The largest absolute Gasteiger partial charge is 0.496 e. The van der Waals surface area contributed by atoms with Crippen molar-refractivity contribution in [2.24, 2.45) is 5.73 Å². The first kappa shape index (κ1) is 15.5. The Morgan fingerprint density at radius 3 is 2.74 bits per heavy atom. The molecule has 3 N–H and O–H groups in total. The molecule has 0 bridgehead atoms. The van der Waals surface area contributed by atoms with Crippen molar-refractivity contribution < 1.29 is 9.53 Å². The zero-order valence-electron chi connectivity index (χ0n) is 12.0. The van der Waals surface area contributed by atoms with Gasteiger partial charge in [0.05, 0.1) is 13.2 Å². The van der Waals surface area contributed by atoms with Gasteiger partial charge in [0.1, 0.15) is 5.75 Å². The molecule has 4 nitrogen and oxygen atoms in total. The highest BCUT2D eigenvalue weighted by atomic mass is 16.5. The van der Waals surface area contributed by atoms with Crippen molar-refractivity contribution in [3.8, 4) is 5.75 Å². The second kappa shape index (κ2) is 7.79. The zero-order valence-corrected chi connectivity index (χ0v) is 12.0. The van der Waals surface area contributed by atoms with Gasteiger partial charge in [-0.3, -0.25) is 4.79 Å². The van der Waals surface area contributed by atoms with E-state index < -0.39 is 6.04 Å². The van der Waals surface area contributed by atoms with Gasteiger partial charge in [-0.05, 0) is 31.4 Å². The van der Waals surface area contributed by atoms with E-state index in [1.165, 1.54) is 0 Å². The summed E-state index contributed by atoms with van der Waals surface area (Å²) in [5.41, 5.74) is 6.87. The summed E-state index contributed by atoms with van der Waals surface area (Å²) in [6.45, 7) is 3.99. The van der Waals surface area contributed by atoms with Crippen LogP contribution in [0.2, 0.25) is 0 Å². The predicted molar refractivity (Wildman–Crippen MR) is 77.2 cm³/mol. The van der Waals surface area contributed by atoms with Gasteiger partial charge in [-0.25, -0.2) is 0 Å². The number of hydrogen-bond acceptors (Lipinski definition) is 3. The van der Waals surface area contributed by atoms with Crippen LogP contribution in [0, 0.1) is 0 Å². The van der Waals surface area contributed by atoms with Crippen LogP contribution in [0.1, 0.15) is 32.3 Å². The summed E-state index contributed by atoms with van der Waals surface area (Å²) in [6.07, 6.45) is 2.36. The van der Waals surface area contributed by atoms with Crippen molar-refractivity contribution in [3.63, 3.8) is 0 Å². The molecule has 1 aromatic carbocycles. The maximum absolute atomic E-state index is 11.8. The number of carbonyl (C=O) groups is 1. The highest BCUT2D eigenvalue weighted by Crippen LogP contribution is 2.18. The Morgan fingerprint density at radius 2 is 2.11 bits per heavy atom. The van der Waals surface area contributed by atoms with Crippen LogP contribution in [0.5, 0.6) is 5.75 Å². The Labute approximate surface area is 115 Å². The zero-order chi connectivity index (χ0) is 14.3. The summed E-state index contributed by atoms with van der Waals surface area (Å²) in [6, 6.07) is 7.45. The number of amides is 1. The minimum atomic E-state index is -0.412. The van der Waals surface area contributed by atoms with Crippen molar-refractivity contribution in [2.45, 2.75) is 45.2 Å². The first-order valence-corrected chi connectivity index (χ1v) is 6.76. The van der Waals surface area contributed by atoms with Crippen LogP contribution in [-0.4, -0.2) is 25.1 Å². The Kier molecular flexibility index (Phi) is 6.36. The van der Waals surface area contributed by atoms with Gasteiger partial charge in [-0.1, -0.05) is 31.5 Å². The average molecular weight is 264 g/mol. The molecule has 106 valence electrons. The number of carbonyl (C=O) groups excluding carboxylic acids is 1. The fourth-order valence-electron chi connectivity index (χ4n) is 2.04. The van der Waals surface area contributed by atoms with Gasteiger partial charge in [0.25, 0.3) is 0 Å². The van der Waals surface area contributed by atoms with Crippen LogP contribution in [0.25, 0.3) is 0 Å². The third-order valence-electron chi connectivity index (χ3n) is 3.04. The summed E-state index contributed by atoms with van der Waals surface area (Å²) in [5, 5.41) is 2.94. The van der Waals surface area contributed by atoms with Crippen molar-refractivity contribution >= 4 is 5.91 Å². The van der Waals surface area contributed by atoms with Gasteiger partial charge >= 0.3 is 0 Å². The molecule has 0 radical (unpaired) electrons. The predicted octanol–water partition coefficient (Wildman–Crippen LogP) is 1.87. The lowest BCUT2D eigenvalue weighted by Crippen LogP contribution is -2.45. The second-order valence-corrected chi connectivity index (χ2v) is 4.82. The van der Waals surface area contributed by atoms with Gasteiger partial charge in [0.2, 0.25) is 5.91 Å². The molecular formula is C15H24N2O2. The van der Waals surface area contributed by atoms with Gasteiger partial charge in [0, 0.05) is 6.04 Å². The van der Waals surface area contributed by atoms with E-state index in [9.17, 15) is 4.79 Å². The molecule has 0 fully saturated rings. The highest BCUT2D eigenvalue weighted by molar-refractivity contribution is 5.81. The molecule has 0 aliphatic carbocycles. The fraction of sp³-hybridized carbons (Fsp3) is 0.533. The summed E-state index contributed by atoms with van der Waals surface area (Å²) < 4.78 is 5.30. The molecule has 1 unspecified atom stereocenters. The third kappa shape index (κ3) is 4.91. The summed E-state index contributed by atoms with van der Waals surface area (Å²) in [4.78, 5) is 11.8. The van der Waals surface area contributed by atoms with Crippen LogP contribution in [0.4, 0.5) is 0 Å². The molecule has 19 heavy (non-hydrogen) atoms. The SMILES string of the molecule is CCC[C@H](N)C(=O)NC(C)Cc1ccccc1OC. The van der Waals surface area contributed by atoms with E-state index in [0.29, 0.717) is 6.42 Å². The molecule has 2 atom stereocenters. The van der Waals surface area contributed by atoms with E-state index in [2.05, 4.69) is 5.32 Å². The van der Waals surface area contributed by atoms with Crippen LogP contribution >= 0.6 is 0 Å². The van der Waals surface area contributed by atoms with Gasteiger partial charge in [0.15, 0.2) is 0 Å². The number of nitrogens with two attached hydrogens (primary N) is 1. The van der Waals surface area contributed by atoms with Crippen LogP contribution in [0.3, 0.4) is 0 Å². The van der Waals surface area contributed by atoms with E-state index >= 15 is 0 Å². The number of methoxy groups -OCH3 is 1.